The Balaban J connectivity index is 2.47. The van der Waals surface area contributed by atoms with Crippen LogP contribution in [0.25, 0.3) is 0 Å². The van der Waals surface area contributed by atoms with Gasteiger partial charge in [0.2, 0.25) is 10.0 Å². The number of halogens is 1. The zero-order valence-electron chi connectivity index (χ0n) is 11.5. The van der Waals surface area contributed by atoms with E-state index in [4.69, 9.17) is 5.26 Å². The minimum absolute atomic E-state index is 0.0175. The lowest BCUT2D eigenvalue weighted by molar-refractivity contribution is 0.204. The van der Waals surface area contributed by atoms with Crippen molar-refractivity contribution in [2.24, 2.45) is 0 Å². The number of hydrogen-bond acceptors (Lipinski definition) is 3. The molecule has 20 heavy (non-hydrogen) atoms. The van der Waals surface area contributed by atoms with Crippen LogP contribution in [-0.4, -0.2) is 24.8 Å². The van der Waals surface area contributed by atoms with Crippen molar-refractivity contribution in [1.82, 2.24) is 4.31 Å². The van der Waals surface area contributed by atoms with Gasteiger partial charge in [-0.25, -0.2) is 12.8 Å². The Morgan fingerprint density at radius 1 is 1.30 bits per heavy atom. The predicted molar refractivity (Wildman–Crippen MR) is 72.9 cm³/mol. The summed E-state index contributed by atoms with van der Waals surface area (Å²) < 4.78 is 40.2. The van der Waals surface area contributed by atoms with Crippen LogP contribution >= 0.6 is 0 Å². The van der Waals surface area contributed by atoms with E-state index in [1.807, 2.05) is 13.8 Å². The summed E-state index contributed by atoms with van der Waals surface area (Å²) in [6.45, 7) is 3.75. The summed E-state index contributed by atoms with van der Waals surface area (Å²) in [5.74, 6) is -0.703. The molecule has 1 saturated heterocycles. The maximum Gasteiger partial charge on any atom is 0.243 e. The molecule has 0 saturated carbocycles. The lowest BCUT2D eigenvalue weighted by Gasteiger charge is -2.37. The third kappa shape index (κ3) is 2.56. The standard InChI is InChI=1S/C14H17FN2O2S/c1-10-4-3-5-11(2)17(10)20(18,19)13-6-7-14(15)12(8-13)9-16/h6-8,10-11H,3-5H2,1-2H3. The first-order valence-corrected chi connectivity index (χ1v) is 8.05. The highest BCUT2D eigenvalue weighted by Gasteiger charge is 2.35. The number of nitriles is 1. The van der Waals surface area contributed by atoms with E-state index >= 15 is 0 Å². The molecule has 4 nitrogen and oxygen atoms in total. The molecule has 0 bridgehead atoms. The van der Waals surface area contributed by atoms with Gasteiger partial charge in [0.15, 0.2) is 0 Å². The van der Waals surface area contributed by atoms with Gasteiger partial charge in [-0.1, -0.05) is 6.42 Å². The van der Waals surface area contributed by atoms with Crippen molar-refractivity contribution in [3.05, 3.63) is 29.6 Å². The normalized spacial score (nSPS) is 24.3. The topological polar surface area (TPSA) is 61.2 Å². The Hall–Kier alpha value is -1.45. The Bertz CT molecular complexity index is 642. The molecule has 1 aromatic rings. The Morgan fingerprint density at radius 3 is 2.45 bits per heavy atom. The Morgan fingerprint density at radius 2 is 1.90 bits per heavy atom. The summed E-state index contributed by atoms with van der Waals surface area (Å²) >= 11 is 0. The van der Waals surface area contributed by atoms with E-state index in [0.29, 0.717) is 0 Å². The van der Waals surface area contributed by atoms with Crippen molar-refractivity contribution in [3.8, 4) is 6.07 Å². The zero-order valence-corrected chi connectivity index (χ0v) is 12.3. The Kier molecular flexibility index (Phi) is 4.11. The van der Waals surface area contributed by atoms with Gasteiger partial charge in [-0.3, -0.25) is 0 Å². The Labute approximate surface area is 118 Å². The monoisotopic (exact) mass is 296 g/mol. The second kappa shape index (κ2) is 5.51. The number of sulfonamides is 1. The molecule has 2 atom stereocenters. The van der Waals surface area contributed by atoms with Gasteiger partial charge in [-0.05, 0) is 44.9 Å². The molecule has 1 heterocycles. The summed E-state index contributed by atoms with van der Waals surface area (Å²) in [6.07, 6.45) is 2.63. The first-order chi connectivity index (χ1) is 9.37. The number of hydrogen-bond donors (Lipinski definition) is 0. The van der Waals surface area contributed by atoms with E-state index in [1.54, 1.807) is 6.07 Å². The van der Waals surface area contributed by atoms with Gasteiger partial charge in [0.1, 0.15) is 11.9 Å². The molecular weight excluding hydrogens is 279 g/mol. The molecule has 1 fully saturated rings. The summed E-state index contributed by atoms with van der Waals surface area (Å²) in [5.41, 5.74) is -0.247. The number of piperidine rings is 1. The quantitative estimate of drug-likeness (QED) is 0.843. The van der Waals surface area contributed by atoms with Crippen LogP contribution < -0.4 is 0 Å². The maximum absolute atomic E-state index is 13.3. The van der Waals surface area contributed by atoms with Crippen molar-refractivity contribution in [2.75, 3.05) is 0 Å². The van der Waals surface area contributed by atoms with E-state index in [0.717, 1.165) is 31.4 Å². The highest BCUT2D eigenvalue weighted by molar-refractivity contribution is 7.89. The molecule has 108 valence electrons. The van der Waals surface area contributed by atoms with Gasteiger partial charge < -0.3 is 0 Å². The molecule has 2 unspecified atom stereocenters. The number of nitrogens with zero attached hydrogens (tertiary/aromatic N) is 2. The molecule has 0 N–H and O–H groups in total. The SMILES string of the molecule is CC1CCCC(C)N1S(=O)(=O)c1ccc(F)c(C#N)c1. The summed E-state index contributed by atoms with van der Waals surface area (Å²) in [4.78, 5) is -0.0175. The molecule has 2 rings (SSSR count). The van der Waals surface area contributed by atoms with Gasteiger partial charge in [0.05, 0.1) is 10.5 Å². The second-order valence-corrected chi connectivity index (χ2v) is 7.06. The smallest absolute Gasteiger partial charge is 0.207 e. The molecule has 6 heteroatoms. The van der Waals surface area contributed by atoms with Crippen LogP contribution in [0.15, 0.2) is 23.1 Å². The van der Waals surface area contributed by atoms with E-state index in [2.05, 4.69) is 0 Å². The highest BCUT2D eigenvalue weighted by atomic mass is 32.2. The van der Waals surface area contributed by atoms with E-state index in [-0.39, 0.29) is 22.5 Å². The third-order valence-electron chi connectivity index (χ3n) is 3.75. The fourth-order valence-electron chi connectivity index (χ4n) is 2.74. The zero-order chi connectivity index (χ0) is 14.9. The van der Waals surface area contributed by atoms with Crippen molar-refractivity contribution in [2.45, 2.75) is 50.1 Å². The first-order valence-electron chi connectivity index (χ1n) is 6.61. The summed E-state index contributed by atoms with van der Waals surface area (Å²) in [6, 6.07) is 4.87. The number of rotatable bonds is 2. The average molecular weight is 296 g/mol. The van der Waals surface area contributed by atoms with Crippen LogP contribution in [0.1, 0.15) is 38.7 Å². The maximum atomic E-state index is 13.3. The van der Waals surface area contributed by atoms with Crippen LogP contribution in [0, 0.1) is 17.1 Å². The predicted octanol–water partition coefficient (Wildman–Crippen LogP) is 2.65. The molecular formula is C14H17FN2O2S. The van der Waals surface area contributed by atoms with Crippen LogP contribution in [0.5, 0.6) is 0 Å². The largest absolute Gasteiger partial charge is 0.243 e. The summed E-state index contributed by atoms with van der Waals surface area (Å²) in [5, 5.41) is 8.82. The van der Waals surface area contributed by atoms with Gasteiger partial charge in [0.25, 0.3) is 0 Å². The van der Waals surface area contributed by atoms with Crippen LogP contribution in [0.2, 0.25) is 0 Å². The molecule has 0 spiro atoms. The molecule has 0 aromatic heterocycles. The lowest BCUT2D eigenvalue weighted by atomic mass is 10.0. The lowest BCUT2D eigenvalue weighted by Crippen LogP contribution is -2.47. The molecule has 1 aromatic carbocycles. The van der Waals surface area contributed by atoms with Crippen molar-refractivity contribution in [3.63, 3.8) is 0 Å². The minimum atomic E-state index is -3.69. The van der Waals surface area contributed by atoms with Gasteiger partial charge in [0, 0.05) is 12.1 Å². The van der Waals surface area contributed by atoms with E-state index < -0.39 is 15.8 Å². The second-order valence-electron chi connectivity index (χ2n) is 5.22. The van der Waals surface area contributed by atoms with Crippen molar-refractivity contribution >= 4 is 10.0 Å². The van der Waals surface area contributed by atoms with Gasteiger partial charge in [-0.2, -0.15) is 9.57 Å². The molecule has 0 radical (unpaired) electrons. The van der Waals surface area contributed by atoms with E-state index in [1.165, 1.54) is 10.4 Å². The number of benzene rings is 1. The van der Waals surface area contributed by atoms with Crippen LogP contribution in [-0.2, 0) is 10.0 Å². The van der Waals surface area contributed by atoms with Crippen molar-refractivity contribution < 1.29 is 12.8 Å². The highest BCUT2D eigenvalue weighted by Crippen LogP contribution is 2.30. The van der Waals surface area contributed by atoms with Gasteiger partial charge >= 0.3 is 0 Å². The van der Waals surface area contributed by atoms with Crippen molar-refractivity contribution in [1.29, 1.82) is 5.26 Å². The summed E-state index contributed by atoms with van der Waals surface area (Å²) in [7, 11) is -3.69. The first kappa shape index (κ1) is 14.9. The average Bonchev–Trinajstić information content (AvgIpc) is 2.38. The molecule has 1 aliphatic rings. The van der Waals surface area contributed by atoms with Crippen LogP contribution in [0.3, 0.4) is 0 Å². The fraction of sp³-hybridized carbons (Fsp3) is 0.500. The van der Waals surface area contributed by atoms with E-state index in [9.17, 15) is 12.8 Å². The van der Waals surface area contributed by atoms with Gasteiger partial charge in [-0.15, -0.1) is 0 Å². The third-order valence-corrected chi connectivity index (χ3v) is 5.87. The molecule has 0 aliphatic carbocycles. The molecule has 0 amide bonds. The minimum Gasteiger partial charge on any atom is -0.207 e. The fourth-order valence-corrected chi connectivity index (χ4v) is 4.65. The van der Waals surface area contributed by atoms with Crippen LogP contribution in [0.4, 0.5) is 4.39 Å². The molecule has 1 aliphatic heterocycles.